The molecule has 1 aromatic heterocycles. The summed E-state index contributed by atoms with van der Waals surface area (Å²) in [5, 5.41) is 1.78. The number of rotatable bonds is 2. The number of hydrogen-bond acceptors (Lipinski definition) is 4. The monoisotopic (exact) mass is 261 g/mol. The quantitative estimate of drug-likeness (QED) is 0.811. The third kappa shape index (κ3) is 2.15. The first-order valence-electron chi connectivity index (χ1n) is 5.19. The van der Waals surface area contributed by atoms with E-state index in [9.17, 15) is 8.42 Å². The Balaban J connectivity index is 2.29. The molecule has 0 aliphatic carbocycles. The van der Waals surface area contributed by atoms with Gasteiger partial charge in [-0.05, 0) is 25.3 Å². The topological polar surface area (TPSA) is 46.6 Å². The highest BCUT2D eigenvalue weighted by Crippen LogP contribution is 2.25. The Hall–Kier alpha value is -0.430. The highest BCUT2D eigenvalue weighted by molar-refractivity contribution is 7.91. The Kier molecular flexibility index (Phi) is 3.34. The summed E-state index contributed by atoms with van der Waals surface area (Å²) in [6.45, 7) is 4.66. The highest BCUT2D eigenvalue weighted by atomic mass is 32.2. The van der Waals surface area contributed by atoms with Gasteiger partial charge in [0.05, 0.1) is 12.7 Å². The van der Waals surface area contributed by atoms with Gasteiger partial charge in [0.25, 0.3) is 10.0 Å². The van der Waals surface area contributed by atoms with Crippen LogP contribution in [-0.4, -0.2) is 38.0 Å². The molecule has 2 rings (SSSR count). The summed E-state index contributed by atoms with van der Waals surface area (Å²) in [4.78, 5) is 0. The van der Waals surface area contributed by atoms with Crippen molar-refractivity contribution in [3.63, 3.8) is 0 Å². The lowest BCUT2D eigenvalue weighted by atomic mass is 10.2. The standard InChI is InChI=1S/C10H15NO3S2/c1-8-7-14-9(2)6-11(8)16(12,13)10-4-3-5-15-10/h3-5,8-9H,6-7H2,1-2H3. The first-order chi connectivity index (χ1) is 7.51. The fraction of sp³-hybridized carbons (Fsp3) is 0.600. The van der Waals surface area contributed by atoms with E-state index in [1.54, 1.807) is 17.5 Å². The maximum absolute atomic E-state index is 12.3. The summed E-state index contributed by atoms with van der Waals surface area (Å²) in [5.74, 6) is 0. The van der Waals surface area contributed by atoms with Crippen molar-refractivity contribution in [2.75, 3.05) is 13.2 Å². The second kappa shape index (κ2) is 4.44. The van der Waals surface area contributed by atoms with Crippen LogP contribution in [0.25, 0.3) is 0 Å². The number of morpholine rings is 1. The Morgan fingerprint density at radius 2 is 2.25 bits per heavy atom. The number of hydrogen-bond donors (Lipinski definition) is 0. The molecule has 0 saturated carbocycles. The fourth-order valence-electron chi connectivity index (χ4n) is 1.73. The van der Waals surface area contributed by atoms with Crippen molar-refractivity contribution in [3.05, 3.63) is 17.5 Å². The van der Waals surface area contributed by atoms with Crippen LogP contribution >= 0.6 is 11.3 Å². The van der Waals surface area contributed by atoms with E-state index in [4.69, 9.17) is 4.74 Å². The van der Waals surface area contributed by atoms with Gasteiger partial charge in [-0.2, -0.15) is 4.31 Å². The molecule has 2 heterocycles. The smallest absolute Gasteiger partial charge is 0.252 e. The maximum Gasteiger partial charge on any atom is 0.252 e. The fourth-order valence-corrected chi connectivity index (χ4v) is 4.54. The molecule has 2 atom stereocenters. The molecule has 0 aromatic carbocycles. The van der Waals surface area contributed by atoms with Crippen LogP contribution < -0.4 is 0 Å². The average Bonchev–Trinajstić information content (AvgIpc) is 2.75. The van der Waals surface area contributed by atoms with Crippen LogP contribution in [0.5, 0.6) is 0 Å². The third-order valence-corrected chi connectivity index (χ3v) is 5.96. The zero-order valence-electron chi connectivity index (χ0n) is 9.29. The van der Waals surface area contributed by atoms with Gasteiger partial charge in [-0.3, -0.25) is 0 Å². The van der Waals surface area contributed by atoms with Crippen LogP contribution in [0.3, 0.4) is 0 Å². The minimum absolute atomic E-state index is 0.0362. The van der Waals surface area contributed by atoms with Crippen LogP contribution in [0, 0.1) is 0 Å². The van der Waals surface area contributed by atoms with E-state index in [0.717, 1.165) is 0 Å². The molecular weight excluding hydrogens is 246 g/mol. The van der Waals surface area contributed by atoms with Gasteiger partial charge in [-0.25, -0.2) is 8.42 Å². The molecule has 0 N–H and O–H groups in total. The van der Waals surface area contributed by atoms with Crippen molar-refractivity contribution in [2.24, 2.45) is 0 Å². The van der Waals surface area contributed by atoms with Crippen LogP contribution in [0.1, 0.15) is 13.8 Å². The molecule has 1 aliphatic rings. The van der Waals surface area contributed by atoms with E-state index in [-0.39, 0.29) is 12.1 Å². The molecule has 1 aliphatic heterocycles. The van der Waals surface area contributed by atoms with E-state index in [1.807, 2.05) is 13.8 Å². The summed E-state index contributed by atoms with van der Waals surface area (Å²) in [5.41, 5.74) is 0. The largest absolute Gasteiger partial charge is 0.375 e. The lowest BCUT2D eigenvalue weighted by Crippen LogP contribution is -2.49. The van der Waals surface area contributed by atoms with E-state index in [1.165, 1.54) is 15.6 Å². The van der Waals surface area contributed by atoms with Crippen LogP contribution in [0.2, 0.25) is 0 Å². The SMILES string of the molecule is CC1CN(S(=O)(=O)c2cccs2)C(C)CO1. The Morgan fingerprint density at radius 3 is 2.88 bits per heavy atom. The Labute approximate surface area is 99.9 Å². The van der Waals surface area contributed by atoms with Gasteiger partial charge in [0.15, 0.2) is 0 Å². The molecular formula is C10H15NO3S2. The highest BCUT2D eigenvalue weighted by Gasteiger charge is 2.34. The van der Waals surface area contributed by atoms with Crippen molar-refractivity contribution in [1.29, 1.82) is 0 Å². The lowest BCUT2D eigenvalue weighted by Gasteiger charge is -2.35. The third-order valence-electron chi connectivity index (χ3n) is 2.61. The minimum atomic E-state index is -3.33. The summed E-state index contributed by atoms with van der Waals surface area (Å²) in [6.07, 6.45) is -0.0362. The van der Waals surface area contributed by atoms with Gasteiger partial charge >= 0.3 is 0 Å². The second-order valence-electron chi connectivity index (χ2n) is 4.00. The van der Waals surface area contributed by atoms with Gasteiger partial charge in [0.2, 0.25) is 0 Å². The molecule has 1 fully saturated rings. The summed E-state index contributed by atoms with van der Waals surface area (Å²) in [6, 6.07) is 3.31. The normalized spacial score (nSPS) is 28.1. The second-order valence-corrected chi connectivity index (χ2v) is 7.06. The van der Waals surface area contributed by atoms with Crippen molar-refractivity contribution in [3.8, 4) is 0 Å². The molecule has 4 nitrogen and oxygen atoms in total. The summed E-state index contributed by atoms with van der Waals surface area (Å²) < 4.78 is 31.9. The molecule has 1 aromatic rings. The van der Waals surface area contributed by atoms with Crippen molar-refractivity contribution < 1.29 is 13.2 Å². The van der Waals surface area contributed by atoms with Crippen LogP contribution in [0.4, 0.5) is 0 Å². The number of sulfonamides is 1. The molecule has 0 spiro atoms. The van der Waals surface area contributed by atoms with Crippen molar-refractivity contribution in [1.82, 2.24) is 4.31 Å². The molecule has 0 radical (unpaired) electrons. The van der Waals surface area contributed by atoms with Gasteiger partial charge in [-0.1, -0.05) is 6.07 Å². The molecule has 6 heteroatoms. The predicted octanol–water partition coefficient (Wildman–Crippen LogP) is 1.55. The number of nitrogens with zero attached hydrogens (tertiary/aromatic N) is 1. The lowest BCUT2D eigenvalue weighted by molar-refractivity contribution is -0.0170. The zero-order valence-corrected chi connectivity index (χ0v) is 10.9. The summed E-state index contributed by atoms with van der Waals surface area (Å²) in [7, 11) is -3.33. The van der Waals surface area contributed by atoms with Gasteiger partial charge in [-0.15, -0.1) is 11.3 Å². The van der Waals surface area contributed by atoms with Gasteiger partial charge < -0.3 is 4.74 Å². The molecule has 16 heavy (non-hydrogen) atoms. The summed E-state index contributed by atoms with van der Waals surface area (Å²) >= 11 is 1.26. The Morgan fingerprint density at radius 1 is 1.50 bits per heavy atom. The van der Waals surface area contributed by atoms with Crippen molar-refractivity contribution >= 4 is 21.4 Å². The van der Waals surface area contributed by atoms with E-state index in [0.29, 0.717) is 17.4 Å². The molecule has 1 saturated heterocycles. The van der Waals surface area contributed by atoms with Crippen LogP contribution in [0.15, 0.2) is 21.7 Å². The predicted molar refractivity (Wildman–Crippen MR) is 63.1 cm³/mol. The zero-order chi connectivity index (χ0) is 11.8. The maximum atomic E-state index is 12.3. The van der Waals surface area contributed by atoms with Gasteiger partial charge in [0.1, 0.15) is 4.21 Å². The minimum Gasteiger partial charge on any atom is -0.375 e. The van der Waals surface area contributed by atoms with Crippen LogP contribution in [-0.2, 0) is 14.8 Å². The Bertz CT molecular complexity index is 441. The first kappa shape index (κ1) is 12.0. The molecule has 2 unspecified atom stereocenters. The molecule has 0 amide bonds. The molecule has 0 bridgehead atoms. The van der Waals surface area contributed by atoms with E-state index >= 15 is 0 Å². The van der Waals surface area contributed by atoms with E-state index in [2.05, 4.69) is 0 Å². The number of thiophene rings is 1. The van der Waals surface area contributed by atoms with E-state index < -0.39 is 10.0 Å². The number of ether oxygens (including phenoxy) is 1. The molecule has 90 valence electrons. The van der Waals surface area contributed by atoms with Crippen molar-refractivity contribution in [2.45, 2.75) is 30.2 Å². The average molecular weight is 261 g/mol. The first-order valence-corrected chi connectivity index (χ1v) is 7.50. The van der Waals surface area contributed by atoms with Gasteiger partial charge in [0, 0.05) is 12.6 Å².